The highest BCUT2D eigenvalue weighted by Gasteiger charge is 2.28. The molecule has 2 aromatic rings. The largest absolute Gasteiger partial charge is 0.367 e. The number of amides is 1. The van der Waals surface area contributed by atoms with Crippen LogP contribution in [0.4, 0.5) is 18.9 Å². The van der Waals surface area contributed by atoms with E-state index in [9.17, 15) is 18.0 Å². The van der Waals surface area contributed by atoms with Crippen molar-refractivity contribution in [2.24, 2.45) is 0 Å². The van der Waals surface area contributed by atoms with E-state index < -0.39 is 28.0 Å². The molecule has 1 fully saturated rings. The zero-order valence-electron chi connectivity index (χ0n) is 15.4. The molecular formula is C20H20ClF3N2O2. The molecule has 0 unspecified atom stereocenters. The first-order chi connectivity index (χ1) is 13.4. The van der Waals surface area contributed by atoms with Gasteiger partial charge in [-0.2, -0.15) is 0 Å². The summed E-state index contributed by atoms with van der Waals surface area (Å²) in [6, 6.07) is 9.50. The molecule has 1 aliphatic heterocycles. The summed E-state index contributed by atoms with van der Waals surface area (Å²) in [4.78, 5) is 15.4. The summed E-state index contributed by atoms with van der Waals surface area (Å²) in [7, 11) is 0. The van der Waals surface area contributed by atoms with Gasteiger partial charge in [-0.1, -0.05) is 41.9 Å². The molecule has 4 nitrogen and oxygen atoms in total. The highest BCUT2D eigenvalue weighted by Crippen LogP contribution is 2.36. The number of carbonyl (C=O) groups excluding carboxylic acids is 1. The third-order valence-electron chi connectivity index (χ3n) is 4.75. The van der Waals surface area contributed by atoms with Gasteiger partial charge in [-0.3, -0.25) is 4.79 Å². The number of piperazine rings is 1. The molecule has 28 heavy (non-hydrogen) atoms. The summed E-state index contributed by atoms with van der Waals surface area (Å²) in [5.41, 5.74) is 0.397. The molecular weight excluding hydrogens is 393 g/mol. The topological polar surface area (TPSA) is 32.8 Å². The van der Waals surface area contributed by atoms with Gasteiger partial charge in [0, 0.05) is 31.7 Å². The van der Waals surface area contributed by atoms with Crippen LogP contribution in [-0.4, -0.2) is 43.6 Å². The van der Waals surface area contributed by atoms with E-state index in [0.717, 1.165) is 12.5 Å². The van der Waals surface area contributed by atoms with E-state index in [-0.39, 0.29) is 31.3 Å². The van der Waals surface area contributed by atoms with E-state index in [1.165, 1.54) is 4.90 Å². The van der Waals surface area contributed by atoms with Crippen molar-refractivity contribution in [1.82, 2.24) is 4.90 Å². The average Bonchev–Trinajstić information content (AvgIpc) is 2.72. The lowest BCUT2D eigenvalue weighted by Crippen LogP contribution is -2.50. The zero-order valence-corrected chi connectivity index (χ0v) is 16.1. The molecule has 0 spiro atoms. The van der Waals surface area contributed by atoms with Crippen molar-refractivity contribution >= 4 is 23.2 Å². The van der Waals surface area contributed by atoms with Gasteiger partial charge in [0.25, 0.3) is 0 Å². The smallest absolute Gasteiger partial charge is 0.248 e. The van der Waals surface area contributed by atoms with Crippen LogP contribution in [0.2, 0.25) is 5.02 Å². The standard InChI is InChI=1S/C20H20ClF3N2O2/c1-13-17(22)19(24)16(21)20(18(13)23)26-9-7-25(8-10-26)15(27)12-28-11-14-5-3-2-4-6-14/h2-6H,7-12H2,1H3. The predicted octanol–water partition coefficient (Wildman–Crippen LogP) is 3.93. The van der Waals surface area contributed by atoms with Gasteiger partial charge in [0.1, 0.15) is 11.6 Å². The van der Waals surface area contributed by atoms with Gasteiger partial charge in [-0.25, -0.2) is 13.2 Å². The molecule has 0 aliphatic carbocycles. The van der Waals surface area contributed by atoms with Gasteiger partial charge >= 0.3 is 0 Å². The normalized spacial score (nSPS) is 14.5. The number of halogens is 4. The monoisotopic (exact) mass is 412 g/mol. The minimum Gasteiger partial charge on any atom is -0.367 e. The van der Waals surface area contributed by atoms with Crippen molar-refractivity contribution in [1.29, 1.82) is 0 Å². The number of ether oxygens (including phenoxy) is 1. The molecule has 0 aromatic heterocycles. The molecule has 0 N–H and O–H groups in total. The molecule has 1 saturated heterocycles. The minimum absolute atomic E-state index is 0.0612. The molecule has 0 bridgehead atoms. The maximum absolute atomic E-state index is 14.4. The summed E-state index contributed by atoms with van der Waals surface area (Å²) in [6.07, 6.45) is 0. The van der Waals surface area contributed by atoms with Crippen LogP contribution in [0.5, 0.6) is 0 Å². The second kappa shape index (κ2) is 8.84. The molecule has 0 radical (unpaired) electrons. The minimum atomic E-state index is -1.28. The van der Waals surface area contributed by atoms with Crippen molar-refractivity contribution in [2.75, 3.05) is 37.7 Å². The molecule has 3 rings (SSSR count). The highest BCUT2D eigenvalue weighted by molar-refractivity contribution is 6.33. The van der Waals surface area contributed by atoms with Crippen molar-refractivity contribution in [3.05, 3.63) is 63.9 Å². The van der Waals surface area contributed by atoms with E-state index in [4.69, 9.17) is 16.3 Å². The summed E-state index contributed by atoms with van der Waals surface area (Å²) in [5.74, 6) is -3.60. The van der Waals surface area contributed by atoms with Gasteiger partial charge < -0.3 is 14.5 Å². The quantitative estimate of drug-likeness (QED) is 0.551. The lowest BCUT2D eigenvalue weighted by atomic mass is 10.1. The number of carbonyl (C=O) groups is 1. The second-order valence-corrected chi connectivity index (χ2v) is 6.95. The Kier molecular flexibility index (Phi) is 6.46. The van der Waals surface area contributed by atoms with Gasteiger partial charge in [0.15, 0.2) is 17.5 Å². The molecule has 0 atom stereocenters. The first kappa shape index (κ1) is 20.5. The molecule has 0 saturated carbocycles. The van der Waals surface area contributed by atoms with Crippen LogP contribution in [-0.2, 0) is 16.1 Å². The fourth-order valence-corrected chi connectivity index (χ4v) is 3.40. The predicted molar refractivity (Wildman–Crippen MR) is 101 cm³/mol. The van der Waals surface area contributed by atoms with Gasteiger partial charge in [0.2, 0.25) is 5.91 Å². The molecule has 150 valence electrons. The summed E-state index contributed by atoms with van der Waals surface area (Å²) in [6.45, 7) is 2.56. The van der Waals surface area contributed by atoms with Gasteiger partial charge in [-0.05, 0) is 12.5 Å². The molecule has 2 aromatic carbocycles. The van der Waals surface area contributed by atoms with E-state index in [1.54, 1.807) is 4.90 Å². The Morgan fingerprint density at radius 1 is 1.04 bits per heavy atom. The van der Waals surface area contributed by atoms with Crippen molar-refractivity contribution in [3.63, 3.8) is 0 Å². The van der Waals surface area contributed by atoms with Crippen molar-refractivity contribution in [2.45, 2.75) is 13.5 Å². The third kappa shape index (κ3) is 4.25. The van der Waals surface area contributed by atoms with Crippen LogP contribution in [0.25, 0.3) is 0 Å². The number of nitrogens with zero attached hydrogens (tertiary/aromatic N) is 2. The maximum Gasteiger partial charge on any atom is 0.248 e. The maximum atomic E-state index is 14.4. The van der Waals surface area contributed by atoms with Gasteiger partial charge in [-0.15, -0.1) is 0 Å². The Morgan fingerprint density at radius 3 is 2.32 bits per heavy atom. The van der Waals surface area contributed by atoms with Crippen LogP contribution in [0.3, 0.4) is 0 Å². The highest BCUT2D eigenvalue weighted by atomic mass is 35.5. The summed E-state index contributed by atoms with van der Waals surface area (Å²) in [5, 5.41) is -0.577. The fourth-order valence-electron chi connectivity index (χ4n) is 3.11. The van der Waals surface area contributed by atoms with Crippen LogP contribution in [0, 0.1) is 24.4 Å². The second-order valence-electron chi connectivity index (χ2n) is 6.58. The SMILES string of the molecule is Cc1c(F)c(F)c(Cl)c(N2CCN(C(=O)COCc3ccccc3)CC2)c1F. The summed E-state index contributed by atoms with van der Waals surface area (Å²) >= 11 is 5.84. The summed E-state index contributed by atoms with van der Waals surface area (Å²) < 4.78 is 47.4. The average molecular weight is 413 g/mol. The number of hydrogen-bond donors (Lipinski definition) is 0. The van der Waals surface area contributed by atoms with E-state index in [2.05, 4.69) is 0 Å². The Balaban J connectivity index is 1.57. The molecule has 1 amide bonds. The van der Waals surface area contributed by atoms with Crippen molar-refractivity contribution in [3.8, 4) is 0 Å². The molecule has 8 heteroatoms. The van der Waals surface area contributed by atoms with Crippen LogP contribution >= 0.6 is 11.6 Å². The molecule has 1 heterocycles. The van der Waals surface area contributed by atoms with Crippen LogP contribution < -0.4 is 4.90 Å². The van der Waals surface area contributed by atoms with E-state index in [0.29, 0.717) is 19.7 Å². The van der Waals surface area contributed by atoms with Crippen LogP contribution in [0.1, 0.15) is 11.1 Å². The van der Waals surface area contributed by atoms with E-state index in [1.807, 2.05) is 30.3 Å². The van der Waals surface area contributed by atoms with Crippen molar-refractivity contribution < 1.29 is 22.7 Å². The zero-order chi connectivity index (χ0) is 20.3. The number of hydrogen-bond acceptors (Lipinski definition) is 3. The Labute approximate surface area is 166 Å². The third-order valence-corrected chi connectivity index (χ3v) is 5.09. The Bertz CT molecular complexity index is 827. The number of benzene rings is 2. The number of rotatable bonds is 5. The van der Waals surface area contributed by atoms with E-state index >= 15 is 0 Å². The Hall–Kier alpha value is -2.25. The lowest BCUT2D eigenvalue weighted by Gasteiger charge is -2.36. The Morgan fingerprint density at radius 2 is 1.68 bits per heavy atom. The first-order valence-corrected chi connectivity index (χ1v) is 9.25. The first-order valence-electron chi connectivity index (χ1n) is 8.87. The number of anilines is 1. The lowest BCUT2D eigenvalue weighted by molar-refractivity contribution is -0.136. The fraction of sp³-hybridized carbons (Fsp3) is 0.350. The van der Waals surface area contributed by atoms with Gasteiger partial charge in [0.05, 0.1) is 12.3 Å². The molecule has 1 aliphatic rings. The van der Waals surface area contributed by atoms with Crippen LogP contribution in [0.15, 0.2) is 30.3 Å².